The predicted octanol–water partition coefficient (Wildman–Crippen LogP) is 2.99. The number of hydrogen-bond acceptors (Lipinski definition) is 3. The summed E-state index contributed by atoms with van der Waals surface area (Å²) >= 11 is 3.36. The third-order valence-electron chi connectivity index (χ3n) is 2.21. The molecule has 0 fully saturated rings. The first kappa shape index (κ1) is 14.8. The van der Waals surface area contributed by atoms with E-state index in [1.54, 1.807) is 19.2 Å². The summed E-state index contributed by atoms with van der Waals surface area (Å²) in [6.45, 7) is 5.79. The molecule has 0 saturated heterocycles. The lowest BCUT2D eigenvalue weighted by atomic mass is 10.1. The molecule has 0 aromatic heterocycles. The Labute approximate surface area is 116 Å². The quantitative estimate of drug-likeness (QED) is 0.932. The Morgan fingerprint density at radius 2 is 1.67 bits per heavy atom. The Hall–Kier alpha value is -1.23. The average molecular weight is 316 g/mol. The Morgan fingerprint density at radius 3 is 2.11 bits per heavy atom. The van der Waals surface area contributed by atoms with Crippen LogP contribution in [0.15, 0.2) is 16.6 Å². The van der Waals surface area contributed by atoms with Crippen LogP contribution in [0.25, 0.3) is 0 Å². The highest BCUT2D eigenvalue weighted by Crippen LogP contribution is 2.33. The van der Waals surface area contributed by atoms with Gasteiger partial charge in [-0.15, -0.1) is 0 Å². The van der Waals surface area contributed by atoms with Crippen molar-refractivity contribution in [3.8, 4) is 11.5 Å². The van der Waals surface area contributed by atoms with Gasteiger partial charge in [-0.25, -0.2) is 0 Å². The van der Waals surface area contributed by atoms with Gasteiger partial charge < -0.3 is 14.8 Å². The van der Waals surface area contributed by atoms with Crippen molar-refractivity contribution < 1.29 is 14.3 Å². The van der Waals surface area contributed by atoms with E-state index in [1.807, 2.05) is 20.8 Å². The summed E-state index contributed by atoms with van der Waals surface area (Å²) < 4.78 is 11.0. The zero-order chi connectivity index (χ0) is 13.9. The summed E-state index contributed by atoms with van der Waals surface area (Å²) in [5, 5.41) is 2.90. The van der Waals surface area contributed by atoms with Crippen LogP contribution in [0.4, 0.5) is 0 Å². The fourth-order valence-electron chi connectivity index (χ4n) is 1.44. The molecule has 0 aliphatic heterocycles. The SMILES string of the molecule is COc1cc(Br)c(C(=O)NC(C)(C)C)cc1OC. The van der Waals surface area contributed by atoms with Gasteiger partial charge in [-0.05, 0) is 48.8 Å². The molecule has 0 unspecified atom stereocenters. The van der Waals surface area contributed by atoms with Crippen LogP contribution in [0.3, 0.4) is 0 Å². The molecule has 1 amide bonds. The molecule has 4 nitrogen and oxygen atoms in total. The maximum atomic E-state index is 12.1. The molecule has 0 aliphatic rings. The van der Waals surface area contributed by atoms with Gasteiger partial charge in [0.2, 0.25) is 0 Å². The second kappa shape index (κ2) is 5.61. The number of hydrogen-bond donors (Lipinski definition) is 1. The molecule has 0 heterocycles. The van der Waals surface area contributed by atoms with Gasteiger partial charge in [0.05, 0.1) is 19.8 Å². The molecular formula is C13H18BrNO3. The minimum absolute atomic E-state index is 0.157. The van der Waals surface area contributed by atoms with Crippen molar-refractivity contribution in [3.63, 3.8) is 0 Å². The predicted molar refractivity (Wildman–Crippen MR) is 74.5 cm³/mol. The van der Waals surface area contributed by atoms with Crippen LogP contribution in [-0.2, 0) is 0 Å². The van der Waals surface area contributed by atoms with Gasteiger partial charge in [0.15, 0.2) is 11.5 Å². The first-order valence-corrected chi connectivity index (χ1v) is 6.32. The maximum absolute atomic E-state index is 12.1. The van der Waals surface area contributed by atoms with E-state index < -0.39 is 0 Å². The molecule has 1 aromatic carbocycles. The smallest absolute Gasteiger partial charge is 0.252 e. The summed E-state index contributed by atoms with van der Waals surface area (Å²) in [5.74, 6) is 0.951. The molecule has 1 N–H and O–H groups in total. The monoisotopic (exact) mass is 315 g/mol. The average Bonchev–Trinajstić information content (AvgIpc) is 2.26. The molecule has 0 radical (unpaired) electrons. The molecule has 0 atom stereocenters. The van der Waals surface area contributed by atoms with Crippen LogP contribution in [0.2, 0.25) is 0 Å². The lowest BCUT2D eigenvalue weighted by molar-refractivity contribution is 0.0918. The van der Waals surface area contributed by atoms with E-state index >= 15 is 0 Å². The number of halogens is 1. The van der Waals surface area contributed by atoms with Crippen LogP contribution >= 0.6 is 15.9 Å². The van der Waals surface area contributed by atoms with Gasteiger partial charge in [0.1, 0.15) is 0 Å². The van der Waals surface area contributed by atoms with E-state index in [4.69, 9.17) is 9.47 Å². The summed E-state index contributed by atoms with van der Waals surface area (Å²) in [5.41, 5.74) is 0.228. The minimum Gasteiger partial charge on any atom is -0.493 e. The van der Waals surface area contributed by atoms with E-state index in [1.165, 1.54) is 7.11 Å². The van der Waals surface area contributed by atoms with Crippen molar-refractivity contribution in [2.45, 2.75) is 26.3 Å². The number of amides is 1. The van der Waals surface area contributed by atoms with Gasteiger partial charge in [0.25, 0.3) is 5.91 Å². The topological polar surface area (TPSA) is 47.6 Å². The molecule has 1 aromatic rings. The van der Waals surface area contributed by atoms with Crippen LogP contribution < -0.4 is 14.8 Å². The van der Waals surface area contributed by atoms with E-state index in [9.17, 15) is 4.79 Å². The van der Waals surface area contributed by atoms with Gasteiger partial charge in [-0.2, -0.15) is 0 Å². The van der Waals surface area contributed by atoms with E-state index in [2.05, 4.69) is 21.2 Å². The van der Waals surface area contributed by atoms with Crippen LogP contribution in [-0.4, -0.2) is 25.7 Å². The second-order valence-corrected chi connectivity index (χ2v) is 5.75. The van der Waals surface area contributed by atoms with Crippen molar-refractivity contribution >= 4 is 21.8 Å². The van der Waals surface area contributed by atoms with Gasteiger partial charge in [0, 0.05) is 10.0 Å². The number of ether oxygens (including phenoxy) is 2. The van der Waals surface area contributed by atoms with Gasteiger partial charge >= 0.3 is 0 Å². The van der Waals surface area contributed by atoms with Gasteiger partial charge in [-0.3, -0.25) is 4.79 Å². The molecule has 5 heteroatoms. The molecule has 0 spiro atoms. The molecule has 0 aliphatic carbocycles. The number of benzene rings is 1. The second-order valence-electron chi connectivity index (χ2n) is 4.89. The molecule has 1 rings (SSSR count). The molecule has 18 heavy (non-hydrogen) atoms. The molecule has 100 valence electrons. The van der Waals surface area contributed by atoms with Crippen molar-refractivity contribution in [2.24, 2.45) is 0 Å². The van der Waals surface area contributed by atoms with Crippen LogP contribution in [0.1, 0.15) is 31.1 Å². The summed E-state index contributed by atoms with van der Waals surface area (Å²) in [4.78, 5) is 12.1. The first-order chi connectivity index (χ1) is 8.28. The van der Waals surface area contributed by atoms with Gasteiger partial charge in [-0.1, -0.05) is 0 Å². The first-order valence-electron chi connectivity index (χ1n) is 5.52. The highest BCUT2D eigenvalue weighted by molar-refractivity contribution is 9.10. The number of rotatable bonds is 3. The lowest BCUT2D eigenvalue weighted by Crippen LogP contribution is -2.40. The Bertz CT molecular complexity index is 452. The largest absolute Gasteiger partial charge is 0.493 e. The molecule has 0 bridgehead atoms. The number of nitrogens with one attached hydrogen (secondary N) is 1. The zero-order valence-corrected chi connectivity index (χ0v) is 12.8. The standard InChI is InChI=1S/C13H18BrNO3/c1-13(2,3)15-12(16)8-6-10(17-4)11(18-5)7-9(8)14/h6-7H,1-5H3,(H,15,16). The van der Waals surface area contributed by atoms with Crippen LogP contribution in [0.5, 0.6) is 11.5 Å². The highest BCUT2D eigenvalue weighted by atomic mass is 79.9. The fourth-order valence-corrected chi connectivity index (χ4v) is 1.94. The van der Waals surface area contributed by atoms with E-state index in [0.717, 1.165) is 0 Å². The third-order valence-corrected chi connectivity index (χ3v) is 2.86. The summed E-state index contributed by atoms with van der Waals surface area (Å²) in [6, 6.07) is 3.38. The number of carbonyl (C=O) groups is 1. The fraction of sp³-hybridized carbons (Fsp3) is 0.462. The van der Waals surface area contributed by atoms with Crippen molar-refractivity contribution in [1.82, 2.24) is 5.32 Å². The zero-order valence-electron chi connectivity index (χ0n) is 11.3. The van der Waals surface area contributed by atoms with Crippen molar-refractivity contribution in [3.05, 3.63) is 22.2 Å². The van der Waals surface area contributed by atoms with Crippen molar-refractivity contribution in [2.75, 3.05) is 14.2 Å². The molecule has 0 saturated carbocycles. The molecular weight excluding hydrogens is 298 g/mol. The van der Waals surface area contributed by atoms with Crippen molar-refractivity contribution in [1.29, 1.82) is 0 Å². The van der Waals surface area contributed by atoms with Crippen LogP contribution in [0, 0.1) is 0 Å². The third kappa shape index (κ3) is 3.63. The lowest BCUT2D eigenvalue weighted by Gasteiger charge is -2.21. The Kier molecular flexibility index (Phi) is 4.62. The number of methoxy groups -OCH3 is 2. The Balaban J connectivity index is 3.13. The van der Waals surface area contributed by atoms with E-state index in [0.29, 0.717) is 21.5 Å². The van der Waals surface area contributed by atoms with E-state index in [-0.39, 0.29) is 11.4 Å². The Morgan fingerprint density at radius 1 is 1.17 bits per heavy atom. The maximum Gasteiger partial charge on any atom is 0.252 e. The summed E-state index contributed by atoms with van der Waals surface area (Å²) in [6.07, 6.45) is 0. The highest BCUT2D eigenvalue weighted by Gasteiger charge is 2.19. The minimum atomic E-state index is -0.288. The number of carbonyl (C=O) groups excluding carboxylic acids is 1. The normalized spacial score (nSPS) is 11.0. The summed E-state index contributed by atoms with van der Waals surface area (Å²) in [7, 11) is 3.09.